The molecular formula is C11H14F3N3O. The van der Waals surface area contributed by atoms with Gasteiger partial charge in [0.1, 0.15) is 6.42 Å². The Morgan fingerprint density at radius 3 is 2.83 bits per heavy atom. The monoisotopic (exact) mass is 261 g/mol. The van der Waals surface area contributed by atoms with Crippen LogP contribution in [0.15, 0.2) is 18.5 Å². The summed E-state index contributed by atoms with van der Waals surface area (Å²) in [6.07, 6.45) is -0.987. The van der Waals surface area contributed by atoms with Gasteiger partial charge in [-0.05, 0) is 18.9 Å². The molecule has 4 nitrogen and oxygen atoms in total. The van der Waals surface area contributed by atoms with E-state index in [9.17, 15) is 18.0 Å². The third-order valence-corrected chi connectivity index (χ3v) is 3.01. The molecule has 1 aliphatic heterocycles. The van der Waals surface area contributed by atoms with Gasteiger partial charge in [-0.15, -0.1) is 0 Å². The number of carbonyl (C=O) groups is 1. The van der Waals surface area contributed by atoms with Crippen molar-refractivity contribution in [3.63, 3.8) is 0 Å². The maximum Gasteiger partial charge on any atom is 0.397 e. The van der Waals surface area contributed by atoms with Gasteiger partial charge < -0.3 is 4.90 Å². The fraction of sp³-hybridized carbons (Fsp3) is 0.636. The number of nitrogens with zero attached hydrogens (tertiary/aromatic N) is 3. The predicted octanol–water partition coefficient (Wildman–Crippen LogP) is 1.83. The fourth-order valence-corrected chi connectivity index (χ4v) is 2.25. The minimum Gasteiger partial charge on any atom is -0.338 e. The van der Waals surface area contributed by atoms with Gasteiger partial charge in [-0.2, -0.15) is 18.3 Å². The molecule has 1 atom stereocenters. The third-order valence-electron chi connectivity index (χ3n) is 3.01. The maximum absolute atomic E-state index is 12.2. The average molecular weight is 261 g/mol. The molecule has 1 amide bonds. The Hall–Kier alpha value is -1.53. The van der Waals surface area contributed by atoms with E-state index >= 15 is 0 Å². The predicted molar refractivity (Wildman–Crippen MR) is 57.6 cm³/mol. The van der Waals surface area contributed by atoms with Gasteiger partial charge in [0.25, 0.3) is 0 Å². The second-order valence-corrected chi connectivity index (χ2v) is 4.40. The van der Waals surface area contributed by atoms with Crippen LogP contribution in [0.5, 0.6) is 0 Å². The first-order valence-electron chi connectivity index (χ1n) is 5.79. The molecule has 1 saturated heterocycles. The average Bonchev–Trinajstić information content (AvgIpc) is 2.86. The van der Waals surface area contributed by atoms with E-state index in [2.05, 4.69) is 5.10 Å². The lowest BCUT2D eigenvalue weighted by Crippen LogP contribution is -2.40. The molecule has 0 aliphatic carbocycles. The van der Waals surface area contributed by atoms with Crippen LogP contribution < -0.4 is 0 Å². The van der Waals surface area contributed by atoms with Gasteiger partial charge >= 0.3 is 6.18 Å². The Morgan fingerprint density at radius 1 is 1.44 bits per heavy atom. The summed E-state index contributed by atoms with van der Waals surface area (Å²) in [5.41, 5.74) is 0. The molecule has 1 aromatic rings. The first-order valence-corrected chi connectivity index (χ1v) is 5.79. The van der Waals surface area contributed by atoms with Gasteiger partial charge in [0.05, 0.1) is 12.6 Å². The van der Waals surface area contributed by atoms with E-state index in [0.717, 1.165) is 12.8 Å². The molecule has 1 aliphatic rings. The van der Waals surface area contributed by atoms with Gasteiger partial charge in [-0.1, -0.05) is 0 Å². The van der Waals surface area contributed by atoms with E-state index in [1.54, 1.807) is 23.1 Å². The molecule has 0 bridgehead atoms. The van der Waals surface area contributed by atoms with Crippen molar-refractivity contribution in [2.24, 2.45) is 0 Å². The summed E-state index contributed by atoms with van der Waals surface area (Å²) in [6.45, 7) is 0.859. The molecule has 0 spiro atoms. The van der Waals surface area contributed by atoms with Crippen molar-refractivity contribution in [2.45, 2.75) is 38.0 Å². The Labute approximate surface area is 102 Å². The van der Waals surface area contributed by atoms with Gasteiger partial charge in [-0.3, -0.25) is 9.48 Å². The Kier molecular flexibility index (Phi) is 3.58. The zero-order valence-corrected chi connectivity index (χ0v) is 9.73. The molecule has 100 valence electrons. The number of hydrogen-bond donors (Lipinski definition) is 0. The van der Waals surface area contributed by atoms with Crippen molar-refractivity contribution in [1.82, 2.24) is 14.7 Å². The lowest BCUT2D eigenvalue weighted by molar-refractivity contribution is -0.162. The second-order valence-electron chi connectivity index (χ2n) is 4.40. The Bertz CT molecular complexity index is 402. The van der Waals surface area contributed by atoms with Crippen LogP contribution in [0.3, 0.4) is 0 Å². The Morgan fingerprint density at radius 2 is 2.22 bits per heavy atom. The number of halogens is 3. The summed E-state index contributed by atoms with van der Waals surface area (Å²) in [6, 6.07) is 1.57. The molecule has 1 unspecified atom stereocenters. The smallest absolute Gasteiger partial charge is 0.338 e. The van der Waals surface area contributed by atoms with Crippen LogP contribution in [0.1, 0.15) is 19.3 Å². The van der Waals surface area contributed by atoms with Crippen molar-refractivity contribution in [3.8, 4) is 0 Å². The first kappa shape index (κ1) is 12.9. The van der Waals surface area contributed by atoms with Gasteiger partial charge in [0, 0.05) is 18.9 Å². The van der Waals surface area contributed by atoms with Crippen molar-refractivity contribution in [2.75, 3.05) is 6.54 Å². The van der Waals surface area contributed by atoms with Crippen molar-refractivity contribution >= 4 is 5.91 Å². The van der Waals surface area contributed by atoms with E-state index in [-0.39, 0.29) is 6.04 Å². The normalized spacial score (nSPS) is 20.4. The van der Waals surface area contributed by atoms with Crippen LogP contribution >= 0.6 is 0 Å². The number of aromatic nitrogens is 2. The molecular weight excluding hydrogens is 247 g/mol. The SMILES string of the molecule is O=C(CC(F)(F)F)N1CCCC1Cn1cccn1. The summed E-state index contributed by atoms with van der Waals surface area (Å²) in [5.74, 6) is -0.836. The van der Waals surface area contributed by atoms with Gasteiger partial charge in [0.2, 0.25) is 5.91 Å². The van der Waals surface area contributed by atoms with E-state index in [1.807, 2.05) is 0 Å². The van der Waals surface area contributed by atoms with Crippen molar-refractivity contribution in [1.29, 1.82) is 0 Å². The molecule has 18 heavy (non-hydrogen) atoms. The molecule has 0 aromatic carbocycles. The standard InChI is InChI=1S/C11H14F3N3O/c12-11(13,14)7-10(18)17-6-1-3-9(17)8-16-5-2-4-15-16/h2,4-5,9H,1,3,6-8H2. The zero-order chi connectivity index (χ0) is 13.2. The van der Waals surface area contributed by atoms with Crippen LogP contribution in [0.4, 0.5) is 13.2 Å². The van der Waals surface area contributed by atoms with E-state index in [1.165, 1.54) is 4.90 Å². The molecule has 1 aromatic heterocycles. The minimum absolute atomic E-state index is 0.181. The number of amides is 1. The molecule has 0 N–H and O–H groups in total. The number of carbonyl (C=O) groups excluding carboxylic acids is 1. The van der Waals surface area contributed by atoms with E-state index in [0.29, 0.717) is 13.1 Å². The van der Waals surface area contributed by atoms with Crippen molar-refractivity contribution < 1.29 is 18.0 Å². The quantitative estimate of drug-likeness (QED) is 0.832. The highest BCUT2D eigenvalue weighted by Crippen LogP contribution is 2.25. The van der Waals surface area contributed by atoms with Crippen LogP contribution in [0, 0.1) is 0 Å². The Balaban J connectivity index is 1.97. The molecule has 2 heterocycles. The summed E-state index contributed by atoms with van der Waals surface area (Å²) in [5, 5.41) is 4.00. The summed E-state index contributed by atoms with van der Waals surface area (Å²) in [4.78, 5) is 12.9. The lowest BCUT2D eigenvalue weighted by Gasteiger charge is -2.25. The molecule has 2 rings (SSSR count). The van der Waals surface area contributed by atoms with Crippen LogP contribution in [-0.4, -0.2) is 39.4 Å². The molecule has 1 fully saturated rings. The molecule has 7 heteroatoms. The van der Waals surface area contributed by atoms with Crippen LogP contribution in [0.2, 0.25) is 0 Å². The summed E-state index contributed by atoms with van der Waals surface area (Å²) >= 11 is 0. The zero-order valence-electron chi connectivity index (χ0n) is 9.73. The lowest BCUT2D eigenvalue weighted by atomic mass is 10.2. The third kappa shape index (κ3) is 3.24. The topological polar surface area (TPSA) is 38.1 Å². The summed E-state index contributed by atoms with van der Waals surface area (Å²) in [7, 11) is 0. The van der Waals surface area contributed by atoms with Gasteiger partial charge in [-0.25, -0.2) is 0 Å². The first-order chi connectivity index (χ1) is 8.46. The van der Waals surface area contributed by atoms with Gasteiger partial charge in [0.15, 0.2) is 0 Å². The summed E-state index contributed by atoms with van der Waals surface area (Å²) < 4.78 is 38.2. The highest BCUT2D eigenvalue weighted by atomic mass is 19.4. The highest BCUT2D eigenvalue weighted by molar-refractivity contribution is 5.77. The maximum atomic E-state index is 12.2. The largest absolute Gasteiger partial charge is 0.397 e. The second kappa shape index (κ2) is 4.99. The number of likely N-dealkylation sites (tertiary alicyclic amines) is 1. The van der Waals surface area contributed by atoms with Crippen LogP contribution in [-0.2, 0) is 11.3 Å². The minimum atomic E-state index is -4.43. The van der Waals surface area contributed by atoms with E-state index < -0.39 is 18.5 Å². The highest BCUT2D eigenvalue weighted by Gasteiger charge is 2.37. The molecule has 0 radical (unpaired) electrons. The molecule has 0 saturated carbocycles. The number of alkyl halides is 3. The van der Waals surface area contributed by atoms with Crippen molar-refractivity contribution in [3.05, 3.63) is 18.5 Å². The number of rotatable bonds is 3. The fourth-order valence-electron chi connectivity index (χ4n) is 2.25. The number of hydrogen-bond acceptors (Lipinski definition) is 2. The van der Waals surface area contributed by atoms with E-state index in [4.69, 9.17) is 0 Å². The van der Waals surface area contributed by atoms with Crippen LogP contribution in [0.25, 0.3) is 0 Å².